The van der Waals surface area contributed by atoms with Crippen LogP contribution in [0.2, 0.25) is 0 Å². The number of ether oxygens (including phenoxy) is 2. The lowest BCUT2D eigenvalue weighted by Crippen LogP contribution is -2.45. The SMILES string of the molecule is COc1ccc([C@H]2Oc3ccccc3[C@H]([C@H]3CCCCC3=O)[C@H]2[N+](=O)[O-])cc1. The predicted octanol–water partition coefficient (Wildman–Crippen LogP) is 4.32. The molecule has 0 saturated heterocycles. The number of benzene rings is 2. The summed E-state index contributed by atoms with van der Waals surface area (Å²) in [6, 6.07) is 13.5. The number of hydrogen-bond acceptors (Lipinski definition) is 5. The first kappa shape index (κ1) is 18.5. The molecule has 2 aliphatic rings. The minimum atomic E-state index is -1.02. The summed E-state index contributed by atoms with van der Waals surface area (Å²) in [7, 11) is 1.58. The number of rotatable bonds is 4. The number of nitrogens with zero attached hydrogens (tertiary/aromatic N) is 1. The third kappa shape index (κ3) is 3.23. The summed E-state index contributed by atoms with van der Waals surface area (Å²) in [5.41, 5.74) is 1.49. The van der Waals surface area contributed by atoms with E-state index in [9.17, 15) is 14.9 Å². The second-order valence-electron chi connectivity index (χ2n) is 7.47. The van der Waals surface area contributed by atoms with E-state index in [1.165, 1.54) is 0 Å². The smallest absolute Gasteiger partial charge is 0.261 e. The molecule has 0 bridgehead atoms. The monoisotopic (exact) mass is 381 g/mol. The largest absolute Gasteiger partial charge is 0.497 e. The Morgan fingerprint density at radius 1 is 1.11 bits per heavy atom. The molecule has 0 radical (unpaired) electrons. The second-order valence-corrected chi connectivity index (χ2v) is 7.47. The molecule has 0 amide bonds. The van der Waals surface area contributed by atoms with Crippen molar-refractivity contribution in [2.75, 3.05) is 7.11 Å². The van der Waals surface area contributed by atoms with E-state index in [0.29, 0.717) is 29.9 Å². The maximum Gasteiger partial charge on any atom is 0.261 e. The molecule has 2 aromatic rings. The molecule has 0 aromatic heterocycles. The summed E-state index contributed by atoms with van der Waals surface area (Å²) in [5.74, 6) is 0.615. The molecule has 6 nitrogen and oxygen atoms in total. The van der Waals surface area contributed by atoms with Gasteiger partial charge in [-0.2, -0.15) is 0 Å². The van der Waals surface area contributed by atoms with E-state index in [1.807, 2.05) is 24.3 Å². The van der Waals surface area contributed by atoms with Crippen LogP contribution in [0.5, 0.6) is 11.5 Å². The highest BCUT2D eigenvalue weighted by Gasteiger charge is 2.52. The lowest BCUT2D eigenvalue weighted by Gasteiger charge is -2.39. The van der Waals surface area contributed by atoms with Gasteiger partial charge in [0, 0.05) is 22.8 Å². The van der Waals surface area contributed by atoms with Gasteiger partial charge in [-0.15, -0.1) is 0 Å². The Balaban J connectivity index is 1.81. The molecule has 146 valence electrons. The summed E-state index contributed by atoms with van der Waals surface area (Å²) < 4.78 is 11.3. The number of para-hydroxylation sites is 1. The van der Waals surface area contributed by atoms with Crippen molar-refractivity contribution in [2.24, 2.45) is 5.92 Å². The fourth-order valence-electron chi connectivity index (χ4n) is 4.59. The van der Waals surface area contributed by atoms with Crippen molar-refractivity contribution in [3.63, 3.8) is 0 Å². The van der Waals surface area contributed by atoms with Gasteiger partial charge >= 0.3 is 0 Å². The molecular weight excluding hydrogens is 358 g/mol. The minimum absolute atomic E-state index is 0.133. The Bertz CT molecular complexity index is 879. The summed E-state index contributed by atoms with van der Waals surface area (Å²) in [5, 5.41) is 12.2. The van der Waals surface area contributed by atoms with E-state index in [0.717, 1.165) is 18.4 Å². The average Bonchev–Trinajstić information content (AvgIpc) is 2.73. The summed E-state index contributed by atoms with van der Waals surface area (Å²) in [6.45, 7) is 0. The highest BCUT2D eigenvalue weighted by Crippen LogP contribution is 2.49. The maximum atomic E-state index is 12.7. The highest BCUT2D eigenvalue weighted by molar-refractivity contribution is 5.83. The standard InChI is InChI=1S/C22H23NO5/c1-27-15-12-10-14(11-13-15)22-21(23(25)26)20(16-6-2-4-8-18(16)24)17-7-3-5-9-19(17)28-22/h3,5,7,9-13,16,20-22H,2,4,6,8H2,1H3/t16-,20-,21+,22+/m0/s1. The Labute approximate surface area is 163 Å². The third-order valence-corrected chi connectivity index (χ3v) is 5.93. The zero-order chi connectivity index (χ0) is 19.7. The molecule has 6 heteroatoms. The lowest BCUT2D eigenvalue weighted by atomic mass is 9.69. The van der Waals surface area contributed by atoms with E-state index in [2.05, 4.69) is 0 Å². The highest BCUT2D eigenvalue weighted by atomic mass is 16.6. The Morgan fingerprint density at radius 3 is 2.54 bits per heavy atom. The number of nitro groups is 1. The first-order valence-corrected chi connectivity index (χ1v) is 9.66. The molecule has 4 atom stereocenters. The molecule has 0 N–H and O–H groups in total. The van der Waals surface area contributed by atoms with Gasteiger partial charge in [-0.05, 0) is 36.6 Å². The summed E-state index contributed by atoms with van der Waals surface area (Å²) in [4.78, 5) is 24.7. The van der Waals surface area contributed by atoms with Crippen molar-refractivity contribution in [3.05, 3.63) is 69.8 Å². The molecule has 28 heavy (non-hydrogen) atoms. The van der Waals surface area contributed by atoms with Crippen LogP contribution in [0.1, 0.15) is 48.8 Å². The number of carbonyl (C=O) groups is 1. The van der Waals surface area contributed by atoms with Crippen LogP contribution in [-0.4, -0.2) is 23.9 Å². The zero-order valence-electron chi connectivity index (χ0n) is 15.7. The van der Waals surface area contributed by atoms with Crippen LogP contribution in [0.3, 0.4) is 0 Å². The van der Waals surface area contributed by atoms with Crippen LogP contribution in [0.15, 0.2) is 48.5 Å². The fourth-order valence-corrected chi connectivity index (χ4v) is 4.59. The van der Waals surface area contributed by atoms with Gasteiger partial charge in [-0.1, -0.05) is 36.8 Å². The predicted molar refractivity (Wildman–Crippen MR) is 103 cm³/mol. The van der Waals surface area contributed by atoms with Crippen LogP contribution >= 0.6 is 0 Å². The number of hydrogen-bond donors (Lipinski definition) is 0. The molecule has 1 fully saturated rings. The van der Waals surface area contributed by atoms with Crippen molar-refractivity contribution >= 4 is 5.78 Å². The third-order valence-electron chi connectivity index (χ3n) is 5.93. The summed E-state index contributed by atoms with van der Waals surface area (Å²) in [6.07, 6.45) is 2.23. The zero-order valence-corrected chi connectivity index (χ0v) is 15.7. The number of methoxy groups -OCH3 is 1. The number of ketones is 1. The lowest BCUT2D eigenvalue weighted by molar-refractivity contribution is -0.541. The quantitative estimate of drug-likeness (QED) is 0.582. The van der Waals surface area contributed by atoms with Gasteiger partial charge in [0.25, 0.3) is 6.04 Å². The molecule has 1 heterocycles. The number of fused-ring (bicyclic) bond motifs is 1. The number of Topliss-reactive ketones (excluding diaryl/α,β-unsaturated/α-hetero) is 1. The molecule has 0 spiro atoms. The Morgan fingerprint density at radius 2 is 1.86 bits per heavy atom. The minimum Gasteiger partial charge on any atom is -0.497 e. The van der Waals surface area contributed by atoms with E-state index in [-0.39, 0.29) is 16.6 Å². The van der Waals surface area contributed by atoms with Gasteiger partial charge in [0.05, 0.1) is 13.0 Å². The van der Waals surface area contributed by atoms with Gasteiger partial charge in [-0.3, -0.25) is 14.9 Å². The Hall–Kier alpha value is -2.89. The van der Waals surface area contributed by atoms with E-state index < -0.39 is 18.1 Å². The van der Waals surface area contributed by atoms with Gasteiger partial charge in [-0.25, -0.2) is 0 Å². The molecule has 1 aliphatic heterocycles. The van der Waals surface area contributed by atoms with Crippen molar-refractivity contribution in [3.8, 4) is 11.5 Å². The van der Waals surface area contributed by atoms with Gasteiger partial charge in [0.15, 0.2) is 6.10 Å². The second kappa shape index (κ2) is 7.62. The first-order valence-electron chi connectivity index (χ1n) is 9.66. The van der Waals surface area contributed by atoms with Crippen molar-refractivity contribution in [1.82, 2.24) is 0 Å². The fraction of sp³-hybridized carbons (Fsp3) is 0.409. The molecule has 4 rings (SSSR count). The van der Waals surface area contributed by atoms with Crippen molar-refractivity contribution in [2.45, 2.75) is 43.7 Å². The Kier molecular flexibility index (Phi) is 5.03. The molecular formula is C22H23NO5. The van der Waals surface area contributed by atoms with Gasteiger partial charge in [0.1, 0.15) is 17.3 Å². The van der Waals surface area contributed by atoms with Gasteiger partial charge in [0.2, 0.25) is 0 Å². The molecule has 1 aliphatic carbocycles. The van der Waals surface area contributed by atoms with Crippen molar-refractivity contribution < 1.29 is 19.2 Å². The first-order chi connectivity index (χ1) is 13.6. The normalized spacial score (nSPS) is 26.8. The average molecular weight is 381 g/mol. The topological polar surface area (TPSA) is 78.7 Å². The van der Waals surface area contributed by atoms with E-state index in [4.69, 9.17) is 9.47 Å². The number of carbonyl (C=O) groups excluding carboxylic acids is 1. The van der Waals surface area contributed by atoms with Crippen LogP contribution in [0.25, 0.3) is 0 Å². The van der Waals surface area contributed by atoms with E-state index >= 15 is 0 Å². The molecule has 0 unspecified atom stereocenters. The van der Waals surface area contributed by atoms with Gasteiger partial charge < -0.3 is 9.47 Å². The molecule has 1 saturated carbocycles. The molecule has 2 aromatic carbocycles. The van der Waals surface area contributed by atoms with Crippen LogP contribution in [0, 0.1) is 16.0 Å². The van der Waals surface area contributed by atoms with Crippen LogP contribution in [-0.2, 0) is 4.79 Å². The maximum absolute atomic E-state index is 12.7. The van der Waals surface area contributed by atoms with E-state index in [1.54, 1.807) is 31.4 Å². The van der Waals surface area contributed by atoms with Crippen LogP contribution in [0.4, 0.5) is 0 Å². The summed E-state index contributed by atoms with van der Waals surface area (Å²) >= 11 is 0. The van der Waals surface area contributed by atoms with Crippen LogP contribution < -0.4 is 9.47 Å². The van der Waals surface area contributed by atoms with Crippen molar-refractivity contribution in [1.29, 1.82) is 0 Å².